The van der Waals surface area contributed by atoms with Crippen molar-refractivity contribution in [2.45, 2.75) is 33.1 Å². The first-order chi connectivity index (χ1) is 10.2. The van der Waals surface area contributed by atoms with Gasteiger partial charge in [0.05, 0.1) is 13.0 Å². The lowest BCUT2D eigenvalue weighted by atomic mass is 10.1. The van der Waals surface area contributed by atoms with Crippen molar-refractivity contribution in [2.75, 3.05) is 26.2 Å². The second-order valence-electron chi connectivity index (χ2n) is 5.79. The molecule has 0 aliphatic carbocycles. The standard InChI is InChI=1S/C17H26N2O2.ClH/c1-13-4-3-5-16(14(13)2)21-11-8-17(20)19-10-7-15-6-9-18-12-15;/h3-5,15,18H,6-12H2,1-2H3,(H,19,20);1H. The summed E-state index contributed by atoms with van der Waals surface area (Å²) in [5, 5.41) is 6.32. The molecule has 0 bridgehead atoms. The molecule has 1 unspecified atom stereocenters. The fraction of sp³-hybridized carbons (Fsp3) is 0.588. The van der Waals surface area contributed by atoms with Crippen LogP contribution in [0.2, 0.25) is 0 Å². The van der Waals surface area contributed by atoms with Gasteiger partial charge in [0.1, 0.15) is 5.75 Å². The van der Waals surface area contributed by atoms with E-state index in [1.54, 1.807) is 0 Å². The third-order valence-corrected chi connectivity index (χ3v) is 4.18. The minimum Gasteiger partial charge on any atom is -0.493 e. The number of hydrogen-bond acceptors (Lipinski definition) is 3. The van der Waals surface area contributed by atoms with Gasteiger partial charge < -0.3 is 15.4 Å². The Hall–Kier alpha value is -1.26. The maximum atomic E-state index is 11.8. The van der Waals surface area contributed by atoms with Crippen LogP contribution in [-0.4, -0.2) is 32.1 Å². The average Bonchev–Trinajstić information content (AvgIpc) is 2.97. The van der Waals surface area contributed by atoms with E-state index >= 15 is 0 Å². The van der Waals surface area contributed by atoms with Gasteiger partial charge in [0, 0.05) is 6.54 Å². The zero-order chi connectivity index (χ0) is 15.1. The maximum absolute atomic E-state index is 11.8. The molecule has 0 spiro atoms. The van der Waals surface area contributed by atoms with Crippen LogP contribution in [0.25, 0.3) is 0 Å². The van der Waals surface area contributed by atoms with Crippen molar-refractivity contribution < 1.29 is 9.53 Å². The lowest BCUT2D eigenvalue weighted by Crippen LogP contribution is -2.27. The second kappa shape index (κ2) is 9.70. The van der Waals surface area contributed by atoms with Crippen LogP contribution in [0.4, 0.5) is 0 Å². The molecule has 1 heterocycles. The van der Waals surface area contributed by atoms with Gasteiger partial charge in [-0.2, -0.15) is 0 Å². The zero-order valence-corrected chi connectivity index (χ0v) is 14.3. The third-order valence-electron chi connectivity index (χ3n) is 4.18. The molecule has 1 atom stereocenters. The Labute approximate surface area is 139 Å². The summed E-state index contributed by atoms with van der Waals surface area (Å²) >= 11 is 0. The molecule has 0 radical (unpaired) electrons. The summed E-state index contributed by atoms with van der Waals surface area (Å²) < 4.78 is 5.70. The number of amides is 1. The summed E-state index contributed by atoms with van der Waals surface area (Å²) in [6, 6.07) is 5.99. The van der Waals surface area contributed by atoms with Crippen LogP contribution in [0, 0.1) is 19.8 Å². The molecule has 124 valence electrons. The summed E-state index contributed by atoms with van der Waals surface area (Å²) in [5.74, 6) is 1.67. The minimum atomic E-state index is 0. The Bertz CT molecular complexity index is 474. The Kier molecular flexibility index (Phi) is 8.28. The summed E-state index contributed by atoms with van der Waals surface area (Å²) in [5.41, 5.74) is 2.36. The molecular formula is C17H27ClN2O2. The quantitative estimate of drug-likeness (QED) is 0.810. The summed E-state index contributed by atoms with van der Waals surface area (Å²) in [6.45, 7) is 7.51. The predicted octanol–water partition coefficient (Wildman–Crippen LogP) is 2.61. The van der Waals surface area contributed by atoms with Gasteiger partial charge in [-0.1, -0.05) is 12.1 Å². The van der Waals surface area contributed by atoms with Crippen molar-refractivity contribution in [3.63, 3.8) is 0 Å². The van der Waals surface area contributed by atoms with Crippen LogP contribution in [0.15, 0.2) is 18.2 Å². The van der Waals surface area contributed by atoms with E-state index < -0.39 is 0 Å². The van der Waals surface area contributed by atoms with Gasteiger partial charge >= 0.3 is 0 Å². The SMILES string of the molecule is Cc1cccc(OCCC(=O)NCCC2CCNC2)c1C.Cl. The van der Waals surface area contributed by atoms with Crippen molar-refractivity contribution in [3.8, 4) is 5.75 Å². The molecule has 2 N–H and O–H groups in total. The molecule has 22 heavy (non-hydrogen) atoms. The van der Waals surface area contributed by atoms with Crippen LogP contribution in [0.1, 0.15) is 30.4 Å². The lowest BCUT2D eigenvalue weighted by molar-refractivity contribution is -0.121. The van der Waals surface area contributed by atoms with Gasteiger partial charge in [0.2, 0.25) is 5.91 Å². The number of halogens is 1. The first kappa shape index (κ1) is 18.8. The molecule has 2 rings (SSSR count). The number of hydrogen-bond donors (Lipinski definition) is 2. The van der Waals surface area contributed by atoms with Gasteiger partial charge in [0.15, 0.2) is 0 Å². The summed E-state index contributed by atoms with van der Waals surface area (Å²) in [7, 11) is 0. The third kappa shape index (κ3) is 5.85. The number of rotatable bonds is 7. The molecule has 1 aliphatic rings. The normalized spacial score (nSPS) is 16.9. The number of aryl methyl sites for hydroxylation is 1. The minimum absolute atomic E-state index is 0. The molecular weight excluding hydrogens is 300 g/mol. The van der Waals surface area contributed by atoms with Gasteiger partial charge in [-0.25, -0.2) is 0 Å². The van der Waals surface area contributed by atoms with E-state index in [0.717, 1.165) is 43.3 Å². The van der Waals surface area contributed by atoms with Gasteiger partial charge in [0.25, 0.3) is 0 Å². The fourth-order valence-electron chi connectivity index (χ4n) is 2.60. The van der Waals surface area contributed by atoms with Crippen LogP contribution in [0.3, 0.4) is 0 Å². The maximum Gasteiger partial charge on any atom is 0.223 e. The summed E-state index contributed by atoms with van der Waals surface area (Å²) in [6.07, 6.45) is 2.71. The number of carbonyl (C=O) groups is 1. The molecule has 1 fully saturated rings. The number of ether oxygens (including phenoxy) is 1. The van der Waals surface area contributed by atoms with E-state index in [-0.39, 0.29) is 18.3 Å². The predicted molar refractivity (Wildman–Crippen MR) is 91.9 cm³/mol. The Morgan fingerprint density at radius 1 is 1.41 bits per heavy atom. The molecule has 0 aromatic heterocycles. The van der Waals surface area contributed by atoms with Crippen molar-refractivity contribution in [2.24, 2.45) is 5.92 Å². The average molecular weight is 327 g/mol. The Morgan fingerprint density at radius 3 is 2.95 bits per heavy atom. The van der Waals surface area contributed by atoms with E-state index in [1.807, 2.05) is 19.1 Å². The van der Waals surface area contributed by atoms with E-state index in [2.05, 4.69) is 23.6 Å². The Morgan fingerprint density at radius 2 is 2.23 bits per heavy atom. The molecule has 0 saturated carbocycles. The van der Waals surface area contributed by atoms with Crippen molar-refractivity contribution in [1.82, 2.24) is 10.6 Å². The van der Waals surface area contributed by atoms with E-state index in [4.69, 9.17) is 4.74 Å². The highest BCUT2D eigenvalue weighted by Gasteiger charge is 2.14. The lowest BCUT2D eigenvalue weighted by Gasteiger charge is -2.12. The summed E-state index contributed by atoms with van der Waals surface area (Å²) in [4.78, 5) is 11.8. The van der Waals surface area contributed by atoms with Crippen LogP contribution >= 0.6 is 12.4 Å². The van der Waals surface area contributed by atoms with Crippen molar-refractivity contribution in [3.05, 3.63) is 29.3 Å². The zero-order valence-electron chi connectivity index (χ0n) is 13.5. The van der Waals surface area contributed by atoms with Gasteiger partial charge in [-0.3, -0.25) is 4.79 Å². The number of benzene rings is 1. The Balaban J connectivity index is 0.00000242. The van der Waals surface area contributed by atoms with Gasteiger partial charge in [-0.05, 0) is 62.9 Å². The second-order valence-corrected chi connectivity index (χ2v) is 5.79. The van der Waals surface area contributed by atoms with Gasteiger partial charge in [-0.15, -0.1) is 12.4 Å². The van der Waals surface area contributed by atoms with E-state index in [1.165, 1.54) is 12.0 Å². The molecule has 1 amide bonds. The molecule has 5 heteroatoms. The van der Waals surface area contributed by atoms with Crippen LogP contribution in [0.5, 0.6) is 5.75 Å². The fourth-order valence-corrected chi connectivity index (χ4v) is 2.60. The largest absolute Gasteiger partial charge is 0.493 e. The van der Waals surface area contributed by atoms with E-state index in [0.29, 0.717) is 13.0 Å². The topological polar surface area (TPSA) is 50.4 Å². The first-order valence-corrected chi connectivity index (χ1v) is 7.83. The smallest absolute Gasteiger partial charge is 0.223 e. The van der Waals surface area contributed by atoms with Crippen LogP contribution in [-0.2, 0) is 4.79 Å². The highest BCUT2D eigenvalue weighted by Crippen LogP contribution is 2.20. The van der Waals surface area contributed by atoms with Crippen molar-refractivity contribution in [1.29, 1.82) is 0 Å². The molecule has 4 nitrogen and oxygen atoms in total. The first-order valence-electron chi connectivity index (χ1n) is 7.83. The molecule has 1 aromatic rings. The monoisotopic (exact) mass is 326 g/mol. The number of nitrogens with one attached hydrogen (secondary N) is 2. The highest BCUT2D eigenvalue weighted by molar-refractivity contribution is 5.85. The molecule has 1 aliphatic heterocycles. The highest BCUT2D eigenvalue weighted by atomic mass is 35.5. The van der Waals surface area contributed by atoms with Crippen LogP contribution < -0.4 is 15.4 Å². The van der Waals surface area contributed by atoms with E-state index in [9.17, 15) is 4.79 Å². The molecule has 1 saturated heterocycles. The molecule has 1 aromatic carbocycles. The number of carbonyl (C=O) groups excluding carboxylic acids is 1. The van der Waals surface area contributed by atoms with Crippen molar-refractivity contribution >= 4 is 18.3 Å².